The molecule has 0 N–H and O–H groups in total. The van der Waals surface area contributed by atoms with E-state index in [-0.39, 0.29) is 23.9 Å². The monoisotopic (exact) mass is 429 g/mol. The van der Waals surface area contributed by atoms with E-state index in [9.17, 15) is 4.79 Å². The Morgan fingerprint density at radius 1 is 0.844 bits per heavy atom. The number of amides is 1. The summed E-state index contributed by atoms with van der Waals surface area (Å²) in [6.07, 6.45) is 0.434. The van der Waals surface area contributed by atoms with E-state index in [1.54, 1.807) is 0 Å². The minimum atomic E-state index is -0.0241. The highest BCUT2D eigenvalue weighted by Gasteiger charge is 2.26. The Bertz CT molecular complexity index is 988. The maximum absolute atomic E-state index is 13.4. The molecule has 3 heteroatoms. The Hall–Kier alpha value is -3.07. The van der Waals surface area contributed by atoms with Crippen LogP contribution in [0.2, 0.25) is 0 Å². The molecule has 0 spiro atoms. The smallest absolute Gasteiger partial charge is 0.223 e. The van der Waals surface area contributed by atoms with Gasteiger partial charge in [0, 0.05) is 24.4 Å². The normalized spacial score (nSPS) is 12.1. The summed E-state index contributed by atoms with van der Waals surface area (Å²) in [6, 6.07) is 27.1. The summed E-state index contributed by atoms with van der Waals surface area (Å²) < 4.78 is 6.11. The predicted molar refractivity (Wildman–Crippen MR) is 132 cm³/mol. The van der Waals surface area contributed by atoms with Crippen LogP contribution < -0.4 is 4.74 Å². The number of nitrogens with zero attached hydrogens (tertiary/aromatic N) is 1. The van der Waals surface area contributed by atoms with Crippen molar-refractivity contribution in [3.8, 4) is 5.75 Å². The van der Waals surface area contributed by atoms with Crippen LogP contribution in [0.3, 0.4) is 0 Å². The quantitative estimate of drug-likeness (QED) is 0.377. The standard InChI is InChI=1S/C29H35NO2/c1-21(2)30(22(3)4)29(31)19-28(25-14-10-7-11-15-25)27-18-26(17-16-23(27)5)32-20-24-12-8-6-9-13-24/h6-18,21-22,28H,19-20H2,1-5H3/t28-/m1/s1. The summed E-state index contributed by atoms with van der Waals surface area (Å²) in [5.74, 6) is 0.982. The topological polar surface area (TPSA) is 29.5 Å². The third-order valence-corrected chi connectivity index (χ3v) is 5.86. The van der Waals surface area contributed by atoms with Gasteiger partial charge in [-0.2, -0.15) is 0 Å². The first kappa shape index (κ1) is 23.6. The molecule has 3 nitrogen and oxygen atoms in total. The molecule has 3 aromatic rings. The molecule has 0 aliphatic heterocycles. The minimum Gasteiger partial charge on any atom is -0.489 e. The molecule has 0 unspecified atom stereocenters. The number of ether oxygens (including phenoxy) is 1. The molecule has 32 heavy (non-hydrogen) atoms. The highest BCUT2D eigenvalue weighted by Crippen LogP contribution is 2.34. The molecule has 0 fully saturated rings. The second-order valence-electron chi connectivity index (χ2n) is 8.95. The number of aryl methyl sites for hydroxylation is 1. The summed E-state index contributed by atoms with van der Waals surface area (Å²) in [4.78, 5) is 15.4. The second kappa shape index (κ2) is 11.0. The van der Waals surface area contributed by atoms with Gasteiger partial charge in [-0.05, 0) is 69.0 Å². The van der Waals surface area contributed by atoms with E-state index in [0.29, 0.717) is 13.0 Å². The summed E-state index contributed by atoms with van der Waals surface area (Å²) in [6.45, 7) is 11.0. The second-order valence-corrected chi connectivity index (χ2v) is 8.95. The van der Waals surface area contributed by atoms with Gasteiger partial charge < -0.3 is 9.64 Å². The Kier molecular flexibility index (Phi) is 8.10. The highest BCUT2D eigenvalue weighted by atomic mass is 16.5. The van der Waals surface area contributed by atoms with Crippen LogP contribution in [0.25, 0.3) is 0 Å². The van der Waals surface area contributed by atoms with Crippen LogP contribution in [0, 0.1) is 6.92 Å². The fraction of sp³-hybridized carbons (Fsp3) is 0.345. The molecular weight excluding hydrogens is 394 g/mol. The van der Waals surface area contributed by atoms with E-state index in [0.717, 1.165) is 22.4 Å². The molecule has 0 aliphatic rings. The van der Waals surface area contributed by atoms with Crippen molar-refractivity contribution in [2.75, 3.05) is 0 Å². The van der Waals surface area contributed by atoms with Crippen LogP contribution in [-0.4, -0.2) is 22.9 Å². The molecule has 0 aromatic heterocycles. The summed E-state index contributed by atoms with van der Waals surface area (Å²) >= 11 is 0. The van der Waals surface area contributed by atoms with Crippen LogP contribution in [0.1, 0.15) is 62.3 Å². The number of hydrogen-bond acceptors (Lipinski definition) is 2. The lowest BCUT2D eigenvalue weighted by molar-refractivity contribution is -0.135. The zero-order valence-electron chi connectivity index (χ0n) is 19.9. The maximum Gasteiger partial charge on any atom is 0.223 e. The number of hydrogen-bond donors (Lipinski definition) is 0. The van der Waals surface area contributed by atoms with Crippen molar-refractivity contribution >= 4 is 5.91 Å². The van der Waals surface area contributed by atoms with Crippen molar-refractivity contribution < 1.29 is 9.53 Å². The molecule has 3 aromatic carbocycles. The summed E-state index contributed by atoms with van der Waals surface area (Å²) in [7, 11) is 0. The Morgan fingerprint density at radius 3 is 2.03 bits per heavy atom. The van der Waals surface area contributed by atoms with Crippen molar-refractivity contribution in [2.24, 2.45) is 0 Å². The van der Waals surface area contributed by atoms with E-state index in [2.05, 4.69) is 71.0 Å². The molecule has 1 amide bonds. The average molecular weight is 430 g/mol. The van der Waals surface area contributed by atoms with Crippen molar-refractivity contribution in [1.82, 2.24) is 4.90 Å². The Balaban J connectivity index is 1.91. The van der Waals surface area contributed by atoms with Gasteiger partial charge in [-0.1, -0.05) is 66.7 Å². The molecule has 168 valence electrons. The molecule has 0 heterocycles. The molecular formula is C29H35NO2. The Morgan fingerprint density at radius 2 is 1.44 bits per heavy atom. The molecule has 0 radical (unpaired) electrons. The molecule has 0 saturated carbocycles. The number of rotatable bonds is 9. The fourth-order valence-corrected chi connectivity index (χ4v) is 4.37. The van der Waals surface area contributed by atoms with Crippen LogP contribution in [0.4, 0.5) is 0 Å². The molecule has 0 saturated heterocycles. The summed E-state index contributed by atoms with van der Waals surface area (Å²) in [5.41, 5.74) is 4.59. The third kappa shape index (κ3) is 6.00. The van der Waals surface area contributed by atoms with Gasteiger partial charge in [0.25, 0.3) is 0 Å². The zero-order chi connectivity index (χ0) is 23.1. The number of benzene rings is 3. The van der Waals surface area contributed by atoms with Crippen molar-refractivity contribution in [3.05, 3.63) is 101 Å². The van der Waals surface area contributed by atoms with Gasteiger partial charge in [0.15, 0.2) is 0 Å². The van der Waals surface area contributed by atoms with Gasteiger partial charge in [0.1, 0.15) is 12.4 Å². The third-order valence-electron chi connectivity index (χ3n) is 5.86. The maximum atomic E-state index is 13.4. The zero-order valence-corrected chi connectivity index (χ0v) is 19.9. The number of carbonyl (C=O) groups excluding carboxylic acids is 1. The van der Waals surface area contributed by atoms with Crippen LogP contribution in [0.5, 0.6) is 5.75 Å². The lowest BCUT2D eigenvalue weighted by atomic mass is 9.85. The highest BCUT2D eigenvalue weighted by molar-refractivity contribution is 5.78. The first-order chi connectivity index (χ1) is 15.4. The van der Waals surface area contributed by atoms with Gasteiger partial charge in [0.2, 0.25) is 5.91 Å². The van der Waals surface area contributed by atoms with Crippen molar-refractivity contribution in [2.45, 2.75) is 65.6 Å². The van der Waals surface area contributed by atoms with Gasteiger partial charge in [-0.3, -0.25) is 4.79 Å². The van der Waals surface area contributed by atoms with E-state index < -0.39 is 0 Å². The average Bonchev–Trinajstić information content (AvgIpc) is 2.78. The van der Waals surface area contributed by atoms with E-state index >= 15 is 0 Å². The lowest BCUT2D eigenvalue weighted by Gasteiger charge is -2.32. The van der Waals surface area contributed by atoms with Gasteiger partial charge in [-0.25, -0.2) is 0 Å². The Labute approximate surface area is 193 Å². The first-order valence-corrected chi connectivity index (χ1v) is 11.5. The number of carbonyl (C=O) groups is 1. The van der Waals surface area contributed by atoms with Crippen LogP contribution in [0.15, 0.2) is 78.9 Å². The lowest BCUT2D eigenvalue weighted by Crippen LogP contribution is -2.42. The van der Waals surface area contributed by atoms with Gasteiger partial charge in [0.05, 0.1) is 0 Å². The predicted octanol–water partition coefficient (Wildman–Crippen LogP) is 6.74. The first-order valence-electron chi connectivity index (χ1n) is 11.5. The largest absolute Gasteiger partial charge is 0.489 e. The molecule has 1 atom stereocenters. The fourth-order valence-electron chi connectivity index (χ4n) is 4.37. The van der Waals surface area contributed by atoms with Crippen molar-refractivity contribution in [3.63, 3.8) is 0 Å². The molecule has 0 aliphatic carbocycles. The summed E-state index contributed by atoms with van der Waals surface area (Å²) in [5, 5.41) is 0. The van der Waals surface area contributed by atoms with Crippen LogP contribution in [-0.2, 0) is 11.4 Å². The van der Waals surface area contributed by atoms with E-state index in [1.165, 1.54) is 5.56 Å². The van der Waals surface area contributed by atoms with Gasteiger partial charge >= 0.3 is 0 Å². The molecule has 3 rings (SSSR count). The SMILES string of the molecule is Cc1ccc(OCc2ccccc2)cc1[C@H](CC(=O)N(C(C)C)C(C)C)c1ccccc1. The van der Waals surface area contributed by atoms with Gasteiger partial charge in [-0.15, -0.1) is 0 Å². The van der Waals surface area contributed by atoms with Crippen LogP contribution >= 0.6 is 0 Å². The van der Waals surface area contributed by atoms with Crippen molar-refractivity contribution in [1.29, 1.82) is 0 Å². The molecule has 0 bridgehead atoms. The van der Waals surface area contributed by atoms with E-state index in [1.807, 2.05) is 47.4 Å². The van der Waals surface area contributed by atoms with E-state index in [4.69, 9.17) is 4.74 Å². The minimum absolute atomic E-state index is 0.0241.